The Bertz CT molecular complexity index is 542. The average molecular weight is 243 g/mol. The summed E-state index contributed by atoms with van der Waals surface area (Å²) in [5, 5.41) is 9.05. The zero-order valence-corrected chi connectivity index (χ0v) is 9.25. The van der Waals surface area contributed by atoms with Gasteiger partial charge >= 0.3 is 6.18 Å². The van der Waals surface area contributed by atoms with Gasteiger partial charge in [0.15, 0.2) is 0 Å². The Labute approximate surface area is 96.3 Å². The summed E-state index contributed by atoms with van der Waals surface area (Å²) in [6.45, 7) is -0.0779. The van der Waals surface area contributed by atoms with E-state index in [-0.39, 0.29) is 12.0 Å². The summed E-state index contributed by atoms with van der Waals surface area (Å²) < 4.78 is 40.0. The number of halogens is 3. The van der Waals surface area contributed by atoms with Crippen LogP contribution >= 0.6 is 0 Å². The van der Waals surface area contributed by atoms with Crippen LogP contribution in [0.2, 0.25) is 0 Å². The fraction of sp³-hybridized carbons (Fsp3) is 0.333. The van der Waals surface area contributed by atoms with Gasteiger partial charge in [-0.05, 0) is 18.2 Å². The second-order valence-electron chi connectivity index (χ2n) is 3.90. The second kappa shape index (κ2) is 4.07. The number of benzene rings is 1. The number of aliphatic hydroxyl groups is 1. The van der Waals surface area contributed by atoms with Gasteiger partial charge in [-0.2, -0.15) is 13.2 Å². The van der Waals surface area contributed by atoms with Crippen LogP contribution in [0, 0.1) is 0 Å². The molecule has 1 aromatic heterocycles. The minimum absolute atomic E-state index is 0.0779. The van der Waals surface area contributed by atoms with E-state index in [9.17, 15) is 13.2 Å². The minimum atomic E-state index is -4.35. The van der Waals surface area contributed by atoms with E-state index in [4.69, 9.17) is 5.11 Å². The molecule has 0 aliphatic rings. The third kappa shape index (κ3) is 2.02. The first-order valence-corrected chi connectivity index (χ1v) is 5.20. The lowest BCUT2D eigenvalue weighted by atomic mass is 10.1. The lowest BCUT2D eigenvalue weighted by Crippen LogP contribution is -2.05. The standard InChI is InChI=1S/C12H12F3NO/c1-16-8(5-6-17)7-9-10(12(13,14)15)3-2-4-11(9)16/h2-4,7,17H,5-6H2,1H3. The first-order chi connectivity index (χ1) is 7.95. The van der Waals surface area contributed by atoms with Crippen LogP contribution in [0.1, 0.15) is 11.3 Å². The van der Waals surface area contributed by atoms with E-state index in [1.54, 1.807) is 17.7 Å². The highest BCUT2D eigenvalue weighted by molar-refractivity contribution is 5.85. The van der Waals surface area contributed by atoms with E-state index < -0.39 is 11.7 Å². The van der Waals surface area contributed by atoms with Crippen molar-refractivity contribution in [2.75, 3.05) is 6.61 Å². The summed E-state index contributed by atoms with van der Waals surface area (Å²) >= 11 is 0. The number of hydrogen-bond acceptors (Lipinski definition) is 1. The Morgan fingerprint density at radius 2 is 2.00 bits per heavy atom. The van der Waals surface area contributed by atoms with Crippen LogP contribution in [-0.2, 0) is 19.6 Å². The van der Waals surface area contributed by atoms with Crippen molar-refractivity contribution in [3.05, 3.63) is 35.5 Å². The van der Waals surface area contributed by atoms with E-state index in [0.717, 1.165) is 6.07 Å². The molecule has 5 heteroatoms. The van der Waals surface area contributed by atoms with Crippen molar-refractivity contribution in [2.45, 2.75) is 12.6 Å². The van der Waals surface area contributed by atoms with Crippen LogP contribution in [0.15, 0.2) is 24.3 Å². The SMILES string of the molecule is Cn1c(CCO)cc2c(C(F)(F)F)cccc21. The number of aryl methyl sites for hydroxylation is 1. The molecule has 17 heavy (non-hydrogen) atoms. The van der Waals surface area contributed by atoms with Crippen LogP contribution in [0.3, 0.4) is 0 Å². The molecule has 0 spiro atoms. The Morgan fingerprint density at radius 1 is 1.29 bits per heavy atom. The van der Waals surface area contributed by atoms with Crippen LogP contribution in [0.5, 0.6) is 0 Å². The molecule has 0 fully saturated rings. The molecule has 0 amide bonds. The van der Waals surface area contributed by atoms with Crippen molar-refractivity contribution in [3.63, 3.8) is 0 Å². The van der Waals surface area contributed by atoms with Crippen LogP contribution in [0.4, 0.5) is 13.2 Å². The van der Waals surface area contributed by atoms with Crippen molar-refractivity contribution >= 4 is 10.9 Å². The molecule has 92 valence electrons. The monoisotopic (exact) mass is 243 g/mol. The fourth-order valence-electron chi connectivity index (χ4n) is 2.02. The Kier molecular flexibility index (Phi) is 2.87. The maximum absolute atomic E-state index is 12.8. The predicted octanol–water partition coefficient (Wildman–Crippen LogP) is 2.73. The van der Waals surface area contributed by atoms with E-state index in [1.165, 1.54) is 12.1 Å². The zero-order chi connectivity index (χ0) is 12.6. The van der Waals surface area contributed by atoms with Gasteiger partial charge in [-0.3, -0.25) is 0 Å². The van der Waals surface area contributed by atoms with E-state index >= 15 is 0 Å². The number of fused-ring (bicyclic) bond motifs is 1. The molecule has 0 saturated heterocycles. The molecule has 2 aromatic rings. The largest absolute Gasteiger partial charge is 0.417 e. The molecular formula is C12H12F3NO. The topological polar surface area (TPSA) is 25.2 Å². The number of nitrogens with zero attached hydrogens (tertiary/aromatic N) is 1. The molecule has 0 unspecified atom stereocenters. The van der Waals surface area contributed by atoms with Gasteiger partial charge in [0.25, 0.3) is 0 Å². The summed E-state index contributed by atoms with van der Waals surface area (Å²) in [5.41, 5.74) is 0.595. The van der Waals surface area contributed by atoms with Gasteiger partial charge in [-0.25, -0.2) is 0 Å². The molecule has 0 bridgehead atoms. The number of aromatic nitrogens is 1. The first-order valence-electron chi connectivity index (χ1n) is 5.20. The maximum atomic E-state index is 12.8. The lowest BCUT2D eigenvalue weighted by Gasteiger charge is -2.08. The Morgan fingerprint density at radius 3 is 2.59 bits per heavy atom. The highest BCUT2D eigenvalue weighted by Gasteiger charge is 2.33. The summed E-state index contributed by atoms with van der Waals surface area (Å²) in [5.74, 6) is 0. The number of alkyl halides is 3. The molecule has 0 atom stereocenters. The molecule has 1 N–H and O–H groups in total. The molecule has 0 radical (unpaired) electrons. The van der Waals surface area contributed by atoms with Gasteiger partial charge in [-0.1, -0.05) is 6.07 Å². The molecule has 1 aromatic carbocycles. The van der Waals surface area contributed by atoms with E-state index in [1.807, 2.05) is 0 Å². The summed E-state index contributed by atoms with van der Waals surface area (Å²) in [7, 11) is 1.70. The second-order valence-corrected chi connectivity index (χ2v) is 3.90. The number of aliphatic hydroxyl groups excluding tert-OH is 1. The quantitative estimate of drug-likeness (QED) is 0.862. The average Bonchev–Trinajstić information content (AvgIpc) is 2.55. The van der Waals surface area contributed by atoms with Crippen molar-refractivity contribution in [1.29, 1.82) is 0 Å². The highest BCUT2D eigenvalue weighted by atomic mass is 19.4. The third-order valence-electron chi connectivity index (χ3n) is 2.86. The fourth-order valence-corrected chi connectivity index (χ4v) is 2.02. The summed E-state index contributed by atoms with van der Waals surface area (Å²) in [4.78, 5) is 0. The molecular weight excluding hydrogens is 231 g/mol. The van der Waals surface area contributed by atoms with E-state index in [0.29, 0.717) is 17.6 Å². The molecule has 1 heterocycles. The predicted molar refractivity (Wildman–Crippen MR) is 58.7 cm³/mol. The first kappa shape index (κ1) is 12.0. The lowest BCUT2D eigenvalue weighted by molar-refractivity contribution is -0.136. The molecule has 2 nitrogen and oxygen atoms in total. The zero-order valence-electron chi connectivity index (χ0n) is 9.25. The van der Waals surface area contributed by atoms with Gasteiger partial charge in [0, 0.05) is 36.7 Å². The maximum Gasteiger partial charge on any atom is 0.417 e. The summed E-state index contributed by atoms with van der Waals surface area (Å²) in [6, 6.07) is 5.61. The highest BCUT2D eigenvalue weighted by Crippen LogP contribution is 2.35. The van der Waals surface area contributed by atoms with Crippen molar-refractivity contribution in [1.82, 2.24) is 4.57 Å². The van der Waals surface area contributed by atoms with Gasteiger partial charge in [0.1, 0.15) is 0 Å². The number of hydrogen-bond donors (Lipinski definition) is 1. The molecule has 0 aliphatic heterocycles. The molecule has 0 saturated carbocycles. The summed E-state index contributed by atoms with van der Waals surface area (Å²) in [6.07, 6.45) is -4.00. The molecule has 2 rings (SSSR count). The van der Waals surface area contributed by atoms with Crippen LogP contribution < -0.4 is 0 Å². The minimum Gasteiger partial charge on any atom is -0.396 e. The van der Waals surface area contributed by atoms with Crippen molar-refractivity contribution in [2.24, 2.45) is 7.05 Å². The van der Waals surface area contributed by atoms with Gasteiger partial charge in [0.2, 0.25) is 0 Å². The molecule has 0 aliphatic carbocycles. The smallest absolute Gasteiger partial charge is 0.396 e. The van der Waals surface area contributed by atoms with Crippen molar-refractivity contribution in [3.8, 4) is 0 Å². The third-order valence-corrected chi connectivity index (χ3v) is 2.86. The van der Waals surface area contributed by atoms with E-state index in [2.05, 4.69) is 0 Å². The van der Waals surface area contributed by atoms with Gasteiger partial charge < -0.3 is 9.67 Å². The Balaban J connectivity index is 2.69. The van der Waals surface area contributed by atoms with Crippen molar-refractivity contribution < 1.29 is 18.3 Å². The van der Waals surface area contributed by atoms with Gasteiger partial charge in [0.05, 0.1) is 5.56 Å². The van der Waals surface area contributed by atoms with Crippen LogP contribution in [-0.4, -0.2) is 16.3 Å². The normalized spacial score (nSPS) is 12.3. The van der Waals surface area contributed by atoms with Crippen LogP contribution in [0.25, 0.3) is 10.9 Å². The van der Waals surface area contributed by atoms with Gasteiger partial charge in [-0.15, -0.1) is 0 Å². The number of rotatable bonds is 2. The Hall–Kier alpha value is -1.49.